The molecule has 0 unspecified atom stereocenters. The van der Waals surface area contributed by atoms with Crippen LogP contribution in [0.1, 0.15) is 36.9 Å². The molecule has 0 amide bonds. The molecule has 1 aromatic heterocycles. The van der Waals surface area contributed by atoms with Crippen molar-refractivity contribution in [1.29, 1.82) is 0 Å². The molecular formula is C20H21N2S+. The topological polar surface area (TPSA) is 40.2 Å². The minimum Gasteiger partial charge on any atom is -0.278 e. The van der Waals surface area contributed by atoms with E-state index in [1.165, 1.54) is 48.1 Å². The average Bonchev–Trinajstić information content (AvgIpc) is 3.26. The van der Waals surface area contributed by atoms with Crippen molar-refractivity contribution in [2.75, 3.05) is 5.73 Å². The number of nitrogens with two attached hydrogens (primary N) is 1. The van der Waals surface area contributed by atoms with Gasteiger partial charge in [-0.25, -0.2) is 4.98 Å². The molecule has 3 aromatic rings. The second-order valence-corrected chi connectivity index (χ2v) is 7.28. The highest BCUT2D eigenvalue weighted by Crippen LogP contribution is 2.46. The molecule has 1 aliphatic rings. The maximum absolute atomic E-state index is 5.95. The third kappa shape index (κ3) is 2.55. The molecule has 0 spiro atoms. The number of nitrogens with one attached hydrogen (secondary N) is 1. The molecule has 23 heavy (non-hydrogen) atoms. The summed E-state index contributed by atoms with van der Waals surface area (Å²) < 4.78 is 0. The van der Waals surface area contributed by atoms with Crippen molar-refractivity contribution in [3.63, 3.8) is 0 Å². The summed E-state index contributed by atoms with van der Waals surface area (Å²) in [6.07, 6.45) is 4.96. The Morgan fingerprint density at radius 1 is 0.870 bits per heavy atom. The van der Waals surface area contributed by atoms with Gasteiger partial charge in [-0.2, -0.15) is 0 Å². The van der Waals surface area contributed by atoms with Crippen LogP contribution in [0.15, 0.2) is 60.0 Å². The van der Waals surface area contributed by atoms with Crippen molar-refractivity contribution < 1.29 is 4.98 Å². The molecule has 1 saturated carbocycles. The Kier molecular flexibility index (Phi) is 3.66. The fourth-order valence-electron chi connectivity index (χ4n) is 3.85. The molecule has 0 atom stereocenters. The van der Waals surface area contributed by atoms with E-state index in [1.807, 2.05) is 0 Å². The first-order chi connectivity index (χ1) is 11.3. The Labute approximate surface area is 141 Å². The Hall–Kier alpha value is -2.13. The maximum Gasteiger partial charge on any atom is 0.329 e. The van der Waals surface area contributed by atoms with E-state index < -0.39 is 0 Å². The lowest BCUT2D eigenvalue weighted by Gasteiger charge is -2.26. The maximum atomic E-state index is 5.95. The predicted octanol–water partition coefficient (Wildman–Crippen LogP) is 4.67. The molecule has 4 rings (SSSR count). The van der Waals surface area contributed by atoms with Crippen LogP contribution >= 0.6 is 11.3 Å². The number of aromatic nitrogens is 1. The van der Waals surface area contributed by atoms with Crippen molar-refractivity contribution in [2.45, 2.75) is 31.1 Å². The van der Waals surface area contributed by atoms with Crippen LogP contribution in [0.4, 0.5) is 5.13 Å². The zero-order chi connectivity index (χ0) is 15.7. The van der Waals surface area contributed by atoms with Crippen molar-refractivity contribution in [1.82, 2.24) is 0 Å². The summed E-state index contributed by atoms with van der Waals surface area (Å²) in [5.74, 6) is 0. The summed E-state index contributed by atoms with van der Waals surface area (Å²) in [6.45, 7) is 0. The lowest BCUT2D eigenvalue weighted by Crippen LogP contribution is -2.30. The lowest BCUT2D eigenvalue weighted by atomic mass is 9.76. The number of thiazole rings is 1. The molecule has 2 nitrogen and oxygen atoms in total. The van der Waals surface area contributed by atoms with Crippen molar-refractivity contribution in [3.05, 3.63) is 71.2 Å². The number of hydrogen-bond donors (Lipinski definition) is 1. The van der Waals surface area contributed by atoms with Gasteiger partial charge in [0.05, 0.1) is 5.41 Å². The SMILES string of the molecule is Nc1[nH+]c(C2(c3ccc(-c4ccccc4)cc3)CCCC2)cs1. The molecule has 1 aliphatic carbocycles. The Morgan fingerprint density at radius 3 is 2.13 bits per heavy atom. The van der Waals surface area contributed by atoms with Gasteiger partial charge in [-0.15, -0.1) is 0 Å². The second-order valence-electron chi connectivity index (χ2n) is 6.37. The van der Waals surface area contributed by atoms with Crippen LogP contribution < -0.4 is 10.7 Å². The average molecular weight is 321 g/mol. The van der Waals surface area contributed by atoms with Gasteiger partial charge >= 0.3 is 5.13 Å². The summed E-state index contributed by atoms with van der Waals surface area (Å²) in [4.78, 5) is 3.40. The minimum absolute atomic E-state index is 0.114. The van der Waals surface area contributed by atoms with Gasteiger partial charge in [-0.05, 0) is 29.5 Å². The molecule has 0 radical (unpaired) electrons. The molecule has 1 fully saturated rings. The summed E-state index contributed by atoms with van der Waals surface area (Å²) in [7, 11) is 0. The predicted molar refractivity (Wildman–Crippen MR) is 96.4 cm³/mol. The van der Waals surface area contributed by atoms with Crippen LogP contribution in [0, 0.1) is 0 Å². The fraction of sp³-hybridized carbons (Fsp3) is 0.250. The van der Waals surface area contributed by atoms with Gasteiger partial charge in [-0.3, -0.25) is 5.73 Å². The Balaban J connectivity index is 1.73. The van der Waals surface area contributed by atoms with Crippen LogP contribution in [-0.2, 0) is 5.41 Å². The largest absolute Gasteiger partial charge is 0.329 e. The number of hydrogen-bond acceptors (Lipinski definition) is 2. The second kappa shape index (κ2) is 5.82. The highest BCUT2D eigenvalue weighted by molar-refractivity contribution is 7.13. The number of anilines is 1. The van der Waals surface area contributed by atoms with E-state index in [0.29, 0.717) is 0 Å². The first-order valence-electron chi connectivity index (χ1n) is 8.21. The van der Waals surface area contributed by atoms with Gasteiger partial charge < -0.3 is 0 Å². The van der Waals surface area contributed by atoms with Gasteiger partial charge in [0, 0.05) is 5.38 Å². The van der Waals surface area contributed by atoms with E-state index in [-0.39, 0.29) is 5.41 Å². The highest BCUT2D eigenvalue weighted by Gasteiger charge is 2.40. The monoisotopic (exact) mass is 321 g/mol. The lowest BCUT2D eigenvalue weighted by molar-refractivity contribution is -0.373. The third-order valence-electron chi connectivity index (χ3n) is 5.08. The van der Waals surface area contributed by atoms with Gasteiger partial charge in [0.1, 0.15) is 5.69 Å². The van der Waals surface area contributed by atoms with Crippen molar-refractivity contribution in [3.8, 4) is 11.1 Å². The number of H-pyrrole nitrogens is 1. The molecule has 0 bridgehead atoms. The quantitative estimate of drug-likeness (QED) is 0.748. The molecule has 1 heterocycles. The van der Waals surface area contributed by atoms with E-state index in [9.17, 15) is 0 Å². The standard InChI is InChI=1S/C20H20N2S/c21-19-22-18(14-23-19)20(12-4-5-13-20)17-10-8-16(9-11-17)15-6-2-1-3-7-15/h1-3,6-11,14H,4-5,12-13H2,(H2,21,22)/p+1. The Morgan fingerprint density at radius 2 is 1.52 bits per heavy atom. The number of nitrogen functional groups attached to an aromatic ring is 1. The highest BCUT2D eigenvalue weighted by atomic mass is 32.1. The van der Waals surface area contributed by atoms with Crippen molar-refractivity contribution in [2.24, 2.45) is 0 Å². The normalized spacial score (nSPS) is 16.5. The van der Waals surface area contributed by atoms with Gasteiger partial charge in [-0.1, -0.05) is 78.8 Å². The number of aromatic amines is 1. The molecule has 0 saturated heterocycles. The first kappa shape index (κ1) is 14.5. The van der Waals surface area contributed by atoms with E-state index in [2.05, 4.69) is 65.0 Å². The summed E-state index contributed by atoms with van der Waals surface area (Å²) in [5.41, 5.74) is 11.3. The van der Waals surface area contributed by atoms with Crippen LogP contribution in [0.25, 0.3) is 11.1 Å². The number of rotatable bonds is 3. The van der Waals surface area contributed by atoms with Gasteiger partial charge in [0.2, 0.25) is 0 Å². The smallest absolute Gasteiger partial charge is 0.278 e. The Bertz CT molecular complexity index is 784. The minimum atomic E-state index is 0.114. The first-order valence-corrected chi connectivity index (χ1v) is 9.09. The van der Waals surface area contributed by atoms with E-state index in [1.54, 1.807) is 11.3 Å². The third-order valence-corrected chi connectivity index (χ3v) is 5.79. The van der Waals surface area contributed by atoms with Crippen LogP contribution in [0.3, 0.4) is 0 Å². The number of benzene rings is 2. The summed E-state index contributed by atoms with van der Waals surface area (Å²) >= 11 is 1.61. The van der Waals surface area contributed by atoms with E-state index in [0.717, 1.165) is 5.13 Å². The zero-order valence-electron chi connectivity index (χ0n) is 13.1. The summed E-state index contributed by atoms with van der Waals surface area (Å²) in [6, 6.07) is 19.7. The molecule has 0 aliphatic heterocycles. The molecule has 3 N–H and O–H groups in total. The van der Waals surface area contributed by atoms with Crippen molar-refractivity contribution >= 4 is 16.5 Å². The van der Waals surface area contributed by atoms with E-state index >= 15 is 0 Å². The molecule has 116 valence electrons. The van der Waals surface area contributed by atoms with Gasteiger partial charge in [0.15, 0.2) is 0 Å². The molecular weight excluding hydrogens is 300 g/mol. The fourth-order valence-corrected chi connectivity index (χ4v) is 4.55. The van der Waals surface area contributed by atoms with Gasteiger partial charge in [0.25, 0.3) is 0 Å². The summed E-state index contributed by atoms with van der Waals surface area (Å²) in [5, 5.41) is 3.00. The zero-order valence-corrected chi connectivity index (χ0v) is 13.9. The van der Waals surface area contributed by atoms with Crippen LogP contribution in [0.5, 0.6) is 0 Å². The van der Waals surface area contributed by atoms with Crippen LogP contribution in [0.2, 0.25) is 0 Å². The molecule has 2 aromatic carbocycles. The van der Waals surface area contributed by atoms with Crippen LogP contribution in [-0.4, -0.2) is 0 Å². The van der Waals surface area contributed by atoms with E-state index in [4.69, 9.17) is 5.73 Å². The molecule has 3 heteroatoms.